The van der Waals surface area contributed by atoms with Gasteiger partial charge >= 0.3 is 29.6 Å². The van der Waals surface area contributed by atoms with Gasteiger partial charge in [0.05, 0.1) is 17.3 Å². The van der Waals surface area contributed by atoms with E-state index in [1.807, 2.05) is 18.2 Å². The number of hydrogen-bond donors (Lipinski definition) is 1. The van der Waals surface area contributed by atoms with Crippen molar-refractivity contribution in [1.82, 2.24) is 0 Å². The van der Waals surface area contributed by atoms with Crippen LogP contribution < -0.4 is 40.4 Å². The third kappa shape index (κ3) is 3.59. The summed E-state index contributed by atoms with van der Waals surface area (Å²) < 4.78 is 0. The number of carboxylic acid groups (broad SMARTS) is 1. The first-order valence-electron chi connectivity index (χ1n) is 6.66. The molecule has 2 N–H and O–H groups in total. The number of aromatic carboxylic acids is 1. The Morgan fingerprint density at radius 3 is 2.17 bits per heavy atom. The second-order valence-corrected chi connectivity index (χ2v) is 4.73. The van der Waals surface area contributed by atoms with Gasteiger partial charge in [-0.05, 0) is 23.6 Å². The Bertz CT molecular complexity index is 880. The number of nitrogen functional groups attached to an aromatic ring is 1. The number of carbonyl (C=O) groups is 1. The minimum absolute atomic E-state index is 0. The third-order valence-electron chi connectivity index (χ3n) is 3.31. The molecular weight excluding hydrogens is 301 g/mol. The zero-order chi connectivity index (χ0) is 15.5. The standard InChI is InChI=1S/C17H13N3O2.Na/c18-16-13-9-5-4-8-12(13)14(17(21)22)10-15(16)20-19-11-6-2-1-3-7-11;/h1-10H,18H2,(H,21,22);/q;+1/p-1. The van der Waals surface area contributed by atoms with Crippen LogP contribution in [0.4, 0.5) is 17.1 Å². The molecule has 3 aromatic carbocycles. The van der Waals surface area contributed by atoms with E-state index in [9.17, 15) is 9.90 Å². The summed E-state index contributed by atoms with van der Waals surface area (Å²) in [4.78, 5) is 11.3. The monoisotopic (exact) mass is 313 g/mol. The van der Waals surface area contributed by atoms with E-state index in [-0.39, 0.29) is 35.1 Å². The van der Waals surface area contributed by atoms with Crippen LogP contribution in [0.2, 0.25) is 0 Å². The van der Waals surface area contributed by atoms with Gasteiger partial charge in [-0.2, -0.15) is 5.11 Å². The summed E-state index contributed by atoms with van der Waals surface area (Å²) in [5, 5.41) is 20.6. The van der Waals surface area contributed by atoms with Gasteiger partial charge in [-0.25, -0.2) is 0 Å². The predicted molar refractivity (Wildman–Crippen MR) is 83.3 cm³/mol. The van der Waals surface area contributed by atoms with E-state index in [4.69, 9.17) is 5.73 Å². The van der Waals surface area contributed by atoms with Gasteiger partial charge in [-0.15, -0.1) is 5.11 Å². The Hall–Kier alpha value is -2.21. The van der Waals surface area contributed by atoms with Crippen molar-refractivity contribution in [2.24, 2.45) is 10.2 Å². The fourth-order valence-corrected chi connectivity index (χ4v) is 2.24. The molecule has 0 heterocycles. The maximum absolute atomic E-state index is 11.3. The van der Waals surface area contributed by atoms with E-state index < -0.39 is 5.97 Å². The number of carboxylic acids is 1. The van der Waals surface area contributed by atoms with Crippen molar-refractivity contribution in [2.45, 2.75) is 0 Å². The summed E-state index contributed by atoms with van der Waals surface area (Å²) in [6, 6.07) is 17.5. The molecule has 23 heavy (non-hydrogen) atoms. The summed E-state index contributed by atoms with van der Waals surface area (Å²) in [6.45, 7) is 0. The summed E-state index contributed by atoms with van der Waals surface area (Å²) in [5.74, 6) is -1.27. The fraction of sp³-hybridized carbons (Fsp3) is 0. The molecule has 0 unspecified atom stereocenters. The molecule has 0 saturated heterocycles. The molecule has 0 atom stereocenters. The topological polar surface area (TPSA) is 90.9 Å². The second kappa shape index (κ2) is 7.37. The molecule has 0 fully saturated rings. The molecule has 5 nitrogen and oxygen atoms in total. The van der Waals surface area contributed by atoms with E-state index in [0.29, 0.717) is 27.8 Å². The summed E-state index contributed by atoms with van der Waals surface area (Å²) in [5.41, 5.74) is 7.49. The van der Waals surface area contributed by atoms with Gasteiger partial charge in [0.15, 0.2) is 0 Å². The summed E-state index contributed by atoms with van der Waals surface area (Å²) in [6.07, 6.45) is 0. The van der Waals surface area contributed by atoms with Crippen LogP contribution in [0.1, 0.15) is 10.4 Å². The van der Waals surface area contributed by atoms with E-state index in [0.717, 1.165) is 0 Å². The number of nitrogens with two attached hydrogens (primary N) is 1. The molecule has 0 aliphatic rings. The number of nitrogens with zero attached hydrogens (tertiary/aromatic N) is 2. The Morgan fingerprint density at radius 1 is 0.913 bits per heavy atom. The first-order chi connectivity index (χ1) is 10.7. The molecule has 0 aliphatic carbocycles. The average molecular weight is 313 g/mol. The Balaban J connectivity index is 0.00000192. The van der Waals surface area contributed by atoms with Crippen LogP contribution in [-0.2, 0) is 0 Å². The van der Waals surface area contributed by atoms with Gasteiger partial charge in [-0.1, -0.05) is 42.5 Å². The maximum Gasteiger partial charge on any atom is 1.00 e. The molecule has 0 amide bonds. The predicted octanol–water partition coefficient (Wildman–Crippen LogP) is 0.205. The van der Waals surface area contributed by atoms with Gasteiger partial charge < -0.3 is 15.6 Å². The van der Waals surface area contributed by atoms with Gasteiger partial charge in [-0.3, -0.25) is 0 Å². The third-order valence-corrected chi connectivity index (χ3v) is 3.31. The molecule has 0 saturated carbocycles. The number of hydrogen-bond acceptors (Lipinski definition) is 5. The number of anilines is 1. The van der Waals surface area contributed by atoms with Crippen molar-refractivity contribution >= 4 is 33.8 Å². The average Bonchev–Trinajstić information content (AvgIpc) is 2.55. The molecule has 3 rings (SSSR count). The Morgan fingerprint density at radius 2 is 1.52 bits per heavy atom. The number of benzene rings is 3. The van der Waals surface area contributed by atoms with Crippen molar-refractivity contribution in [3.05, 3.63) is 66.2 Å². The smallest absolute Gasteiger partial charge is 0.545 e. The molecule has 3 aromatic rings. The number of rotatable bonds is 3. The first-order valence-corrected chi connectivity index (χ1v) is 6.66. The second-order valence-electron chi connectivity index (χ2n) is 4.73. The summed E-state index contributed by atoms with van der Waals surface area (Å²) in [7, 11) is 0. The molecule has 0 aliphatic heterocycles. The number of azo groups is 1. The molecule has 0 bridgehead atoms. The minimum Gasteiger partial charge on any atom is -0.545 e. The largest absolute Gasteiger partial charge is 1.00 e. The van der Waals surface area contributed by atoms with Crippen LogP contribution in [-0.4, -0.2) is 5.97 Å². The van der Waals surface area contributed by atoms with Crippen LogP contribution in [0.25, 0.3) is 10.8 Å². The molecule has 0 aromatic heterocycles. The van der Waals surface area contributed by atoms with E-state index in [2.05, 4.69) is 10.2 Å². The maximum atomic E-state index is 11.3. The van der Waals surface area contributed by atoms with Gasteiger partial charge in [0.25, 0.3) is 0 Å². The first kappa shape index (κ1) is 17.1. The normalized spacial score (nSPS) is 10.6. The zero-order valence-corrected chi connectivity index (χ0v) is 14.6. The van der Waals surface area contributed by atoms with Crippen molar-refractivity contribution in [3.63, 3.8) is 0 Å². The zero-order valence-electron chi connectivity index (χ0n) is 12.6. The van der Waals surface area contributed by atoms with Gasteiger partial charge in [0.2, 0.25) is 0 Å². The van der Waals surface area contributed by atoms with Crippen molar-refractivity contribution in [2.75, 3.05) is 5.73 Å². The van der Waals surface area contributed by atoms with Crippen molar-refractivity contribution < 1.29 is 39.5 Å². The molecule has 6 heteroatoms. The molecule has 0 radical (unpaired) electrons. The Labute approximate surface area is 155 Å². The quantitative estimate of drug-likeness (QED) is 0.425. The molecule has 0 spiro atoms. The van der Waals surface area contributed by atoms with E-state index in [1.165, 1.54) is 6.07 Å². The summed E-state index contributed by atoms with van der Waals surface area (Å²) >= 11 is 0. The fourth-order valence-electron chi connectivity index (χ4n) is 2.24. The Kier molecular flexibility index (Phi) is 5.50. The molecule has 108 valence electrons. The van der Waals surface area contributed by atoms with Gasteiger partial charge in [0, 0.05) is 10.9 Å². The van der Waals surface area contributed by atoms with Crippen molar-refractivity contribution in [3.8, 4) is 0 Å². The van der Waals surface area contributed by atoms with E-state index >= 15 is 0 Å². The molecular formula is C17H12N3NaO2. The van der Waals surface area contributed by atoms with Crippen LogP contribution in [0.15, 0.2) is 70.9 Å². The van der Waals surface area contributed by atoms with Crippen LogP contribution >= 0.6 is 0 Å². The van der Waals surface area contributed by atoms with Crippen LogP contribution in [0.3, 0.4) is 0 Å². The van der Waals surface area contributed by atoms with E-state index in [1.54, 1.807) is 36.4 Å². The number of fused-ring (bicyclic) bond motifs is 1. The van der Waals surface area contributed by atoms with Crippen LogP contribution in [0, 0.1) is 0 Å². The number of carbonyl (C=O) groups excluding carboxylic acids is 1. The SMILES string of the molecule is Nc1c(N=Nc2ccccc2)cc(C(=O)[O-])c2ccccc12.[Na+]. The van der Waals surface area contributed by atoms with Crippen LogP contribution in [0.5, 0.6) is 0 Å². The minimum atomic E-state index is -1.27. The van der Waals surface area contributed by atoms with Gasteiger partial charge in [0.1, 0.15) is 5.69 Å². The van der Waals surface area contributed by atoms with Crippen molar-refractivity contribution in [1.29, 1.82) is 0 Å².